The molecule has 1 fully saturated rings. The first-order valence-corrected chi connectivity index (χ1v) is 11.0. The Morgan fingerprint density at radius 3 is 2.62 bits per heavy atom. The minimum Gasteiger partial charge on any atom is -0.457 e. The number of halogens is 1. The molecule has 32 heavy (non-hydrogen) atoms. The third-order valence-electron chi connectivity index (χ3n) is 4.52. The fraction of sp³-hybridized carbons (Fsp3) is 0.0435. The summed E-state index contributed by atoms with van der Waals surface area (Å²) in [6, 6.07) is 19.4. The molecule has 2 heterocycles. The molecule has 3 aromatic rings. The molecular weight excluding hydrogens is 494 g/mol. The van der Waals surface area contributed by atoms with Gasteiger partial charge in [0.25, 0.3) is 11.1 Å². The van der Waals surface area contributed by atoms with Gasteiger partial charge in [-0.2, -0.15) is 5.26 Å². The first-order valence-electron chi connectivity index (χ1n) is 9.35. The van der Waals surface area contributed by atoms with Crippen molar-refractivity contribution in [1.29, 1.82) is 5.26 Å². The van der Waals surface area contributed by atoms with Crippen LogP contribution < -0.4 is 5.32 Å². The lowest BCUT2D eigenvalue weighted by Gasteiger charge is -2.12. The number of furan rings is 1. The standard InChI is InChI=1S/C23H14BrN3O4S/c24-15-5-7-16(8-6-15)26-21(28)13-27-22(29)20(32-23(27)30)11-17-9-10-19(31-17)18-4-2-1-3-14(18)12-25/h1-11H,13H2,(H,26,28)/b20-11+. The van der Waals surface area contributed by atoms with E-state index in [2.05, 4.69) is 27.3 Å². The highest BCUT2D eigenvalue weighted by molar-refractivity contribution is 9.10. The molecule has 1 saturated heterocycles. The topological polar surface area (TPSA) is 103 Å². The predicted octanol–water partition coefficient (Wildman–Crippen LogP) is 5.26. The fourth-order valence-electron chi connectivity index (χ4n) is 3.01. The van der Waals surface area contributed by atoms with Crippen LogP contribution in [0.15, 0.2) is 74.5 Å². The predicted molar refractivity (Wildman–Crippen MR) is 124 cm³/mol. The van der Waals surface area contributed by atoms with Gasteiger partial charge in [0, 0.05) is 21.8 Å². The first-order chi connectivity index (χ1) is 15.4. The molecule has 3 amide bonds. The Hall–Kier alpha value is -3.61. The third kappa shape index (κ3) is 4.66. The van der Waals surface area contributed by atoms with Gasteiger partial charge in [-0.05, 0) is 60.3 Å². The summed E-state index contributed by atoms with van der Waals surface area (Å²) < 4.78 is 6.62. The van der Waals surface area contributed by atoms with Crippen molar-refractivity contribution in [1.82, 2.24) is 4.90 Å². The van der Waals surface area contributed by atoms with Crippen LogP contribution in [0.4, 0.5) is 10.5 Å². The molecule has 1 aliphatic heterocycles. The number of imide groups is 1. The highest BCUT2D eigenvalue weighted by atomic mass is 79.9. The maximum atomic E-state index is 12.7. The number of nitrogens with zero attached hydrogens (tertiary/aromatic N) is 2. The van der Waals surface area contributed by atoms with Crippen molar-refractivity contribution in [3.63, 3.8) is 0 Å². The van der Waals surface area contributed by atoms with Gasteiger partial charge >= 0.3 is 0 Å². The lowest BCUT2D eigenvalue weighted by atomic mass is 10.1. The number of carbonyl (C=O) groups excluding carboxylic acids is 3. The van der Waals surface area contributed by atoms with Crippen molar-refractivity contribution in [2.24, 2.45) is 0 Å². The molecule has 1 aliphatic rings. The molecule has 7 nitrogen and oxygen atoms in total. The van der Waals surface area contributed by atoms with E-state index in [1.807, 2.05) is 0 Å². The second-order valence-corrected chi connectivity index (χ2v) is 8.59. The zero-order valence-electron chi connectivity index (χ0n) is 16.4. The van der Waals surface area contributed by atoms with Gasteiger partial charge < -0.3 is 9.73 Å². The zero-order valence-corrected chi connectivity index (χ0v) is 18.8. The van der Waals surface area contributed by atoms with Gasteiger partial charge in [0.2, 0.25) is 5.91 Å². The van der Waals surface area contributed by atoms with Crippen molar-refractivity contribution in [3.05, 3.63) is 81.4 Å². The Bertz CT molecular complexity index is 1290. The van der Waals surface area contributed by atoms with Crippen LogP contribution in [-0.2, 0) is 9.59 Å². The van der Waals surface area contributed by atoms with Crippen LogP contribution in [0.5, 0.6) is 0 Å². The summed E-state index contributed by atoms with van der Waals surface area (Å²) in [6.07, 6.45) is 1.45. The molecule has 4 rings (SSSR count). The van der Waals surface area contributed by atoms with Gasteiger partial charge in [0.05, 0.1) is 16.5 Å². The monoisotopic (exact) mass is 507 g/mol. The molecule has 0 unspecified atom stereocenters. The minimum absolute atomic E-state index is 0.154. The van der Waals surface area contributed by atoms with Crippen LogP contribution in [0.1, 0.15) is 11.3 Å². The molecule has 1 aromatic heterocycles. The second-order valence-electron chi connectivity index (χ2n) is 6.68. The molecule has 1 N–H and O–H groups in total. The van der Waals surface area contributed by atoms with E-state index >= 15 is 0 Å². The largest absolute Gasteiger partial charge is 0.457 e. The number of nitriles is 1. The summed E-state index contributed by atoms with van der Waals surface area (Å²) in [4.78, 5) is 38.3. The van der Waals surface area contributed by atoms with Gasteiger partial charge in [0.15, 0.2) is 0 Å². The Morgan fingerprint density at radius 2 is 1.88 bits per heavy atom. The van der Waals surface area contributed by atoms with Gasteiger partial charge in [0.1, 0.15) is 18.1 Å². The molecule has 0 aliphatic carbocycles. The van der Waals surface area contributed by atoms with Crippen molar-refractivity contribution in [2.75, 3.05) is 11.9 Å². The number of nitrogens with one attached hydrogen (secondary N) is 1. The number of hydrogen-bond acceptors (Lipinski definition) is 6. The maximum absolute atomic E-state index is 12.7. The highest BCUT2D eigenvalue weighted by Crippen LogP contribution is 2.33. The molecule has 0 bridgehead atoms. The van der Waals surface area contributed by atoms with Crippen LogP contribution in [0.3, 0.4) is 0 Å². The summed E-state index contributed by atoms with van der Waals surface area (Å²) in [7, 11) is 0. The molecule has 2 aromatic carbocycles. The summed E-state index contributed by atoms with van der Waals surface area (Å²) in [5, 5.41) is 11.4. The van der Waals surface area contributed by atoms with E-state index in [1.54, 1.807) is 60.7 Å². The van der Waals surface area contributed by atoms with E-state index in [9.17, 15) is 19.6 Å². The van der Waals surface area contributed by atoms with Crippen molar-refractivity contribution < 1.29 is 18.8 Å². The number of benzene rings is 2. The summed E-state index contributed by atoms with van der Waals surface area (Å²) >= 11 is 4.05. The maximum Gasteiger partial charge on any atom is 0.294 e. The molecule has 0 atom stereocenters. The Kier molecular flexibility index (Phi) is 6.25. The number of anilines is 1. The van der Waals surface area contributed by atoms with Crippen LogP contribution in [-0.4, -0.2) is 28.5 Å². The summed E-state index contributed by atoms with van der Waals surface area (Å²) in [5.74, 6) is -0.218. The average Bonchev–Trinajstić information content (AvgIpc) is 3.35. The number of hydrogen-bond donors (Lipinski definition) is 1. The summed E-state index contributed by atoms with van der Waals surface area (Å²) in [6.45, 7) is -0.392. The molecule has 158 valence electrons. The van der Waals surface area contributed by atoms with E-state index in [0.717, 1.165) is 21.1 Å². The smallest absolute Gasteiger partial charge is 0.294 e. The van der Waals surface area contributed by atoms with Gasteiger partial charge in [-0.1, -0.05) is 28.1 Å². The molecule has 9 heteroatoms. The fourth-order valence-corrected chi connectivity index (χ4v) is 4.10. The molecular formula is C23H14BrN3O4S. The van der Waals surface area contributed by atoms with Crippen molar-refractivity contribution >= 4 is 56.5 Å². The second kappa shape index (κ2) is 9.26. The zero-order chi connectivity index (χ0) is 22.7. The van der Waals surface area contributed by atoms with Gasteiger partial charge in [-0.25, -0.2) is 0 Å². The van der Waals surface area contributed by atoms with Crippen molar-refractivity contribution in [3.8, 4) is 17.4 Å². The van der Waals surface area contributed by atoms with Crippen molar-refractivity contribution in [2.45, 2.75) is 0 Å². The Balaban J connectivity index is 1.47. The van der Waals surface area contributed by atoms with Crippen LogP contribution in [0.2, 0.25) is 0 Å². The molecule has 0 radical (unpaired) electrons. The first kappa shape index (κ1) is 21.6. The SMILES string of the molecule is N#Cc1ccccc1-c1ccc(/C=C2/SC(=O)N(CC(=O)Nc3ccc(Br)cc3)C2=O)o1. The van der Waals surface area contributed by atoms with Gasteiger partial charge in [-0.15, -0.1) is 0 Å². The Labute approximate surface area is 195 Å². The minimum atomic E-state index is -0.568. The lowest BCUT2D eigenvalue weighted by Crippen LogP contribution is -2.36. The van der Waals surface area contributed by atoms with Gasteiger partial charge in [-0.3, -0.25) is 19.3 Å². The number of rotatable bonds is 5. The normalized spacial score (nSPS) is 14.6. The summed E-state index contributed by atoms with van der Waals surface area (Å²) in [5.41, 5.74) is 1.65. The number of amides is 3. The Morgan fingerprint density at radius 1 is 1.12 bits per heavy atom. The quantitative estimate of drug-likeness (QED) is 0.472. The number of thioether (sulfide) groups is 1. The van der Waals surface area contributed by atoms with Crippen LogP contribution in [0, 0.1) is 11.3 Å². The molecule has 0 spiro atoms. The van der Waals surface area contributed by atoms with E-state index < -0.39 is 23.6 Å². The van der Waals surface area contributed by atoms with Crippen LogP contribution in [0.25, 0.3) is 17.4 Å². The molecule has 0 saturated carbocycles. The van der Waals surface area contributed by atoms with E-state index in [4.69, 9.17) is 4.42 Å². The van der Waals surface area contributed by atoms with E-state index in [0.29, 0.717) is 28.3 Å². The number of carbonyl (C=O) groups is 3. The van der Waals surface area contributed by atoms with Crippen LogP contribution >= 0.6 is 27.7 Å². The van der Waals surface area contributed by atoms with E-state index in [-0.39, 0.29) is 4.91 Å². The third-order valence-corrected chi connectivity index (χ3v) is 5.95. The lowest BCUT2D eigenvalue weighted by molar-refractivity contribution is -0.127. The van der Waals surface area contributed by atoms with E-state index in [1.165, 1.54) is 6.08 Å². The average molecular weight is 508 g/mol. The highest BCUT2D eigenvalue weighted by Gasteiger charge is 2.36.